The van der Waals surface area contributed by atoms with Gasteiger partial charge in [-0.05, 0) is 50.9 Å². The summed E-state index contributed by atoms with van der Waals surface area (Å²) in [6.07, 6.45) is 6.98. The molecule has 1 N–H and O–H groups in total. The molecule has 2 unspecified atom stereocenters. The van der Waals surface area contributed by atoms with E-state index in [1.54, 1.807) is 0 Å². The zero-order valence-electron chi connectivity index (χ0n) is 11.9. The minimum absolute atomic E-state index is 0.0773. The Morgan fingerprint density at radius 3 is 2.25 bits per heavy atom. The summed E-state index contributed by atoms with van der Waals surface area (Å²) in [7, 11) is -2.90. The van der Waals surface area contributed by atoms with Crippen LogP contribution in [0.25, 0.3) is 0 Å². The Morgan fingerprint density at radius 2 is 1.80 bits per heavy atom. The van der Waals surface area contributed by atoms with Gasteiger partial charge in [-0.2, -0.15) is 0 Å². The van der Waals surface area contributed by atoms with Gasteiger partial charge >= 0.3 is 0 Å². The van der Waals surface area contributed by atoms with Gasteiger partial charge < -0.3 is 10.0 Å². The van der Waals surface area contributed by atoms with Gasteiger partial charge in [0.2, 0.25) is 0 Å². The molecule has 1 aliphatic carbocycles. The van der Waals surface area contributed by atoms with E-state index in [4.69, 9.17) is 0 Å². The number of hydrogen-bond acceptors (Lipinski definition) is 4. The Balaban J connectivity index is 1.63. The maximum atomic E-state index is 12.3. The SMILES string of the molecule is CS(=O)(=O)CCC1CC2CCC(C1)N2C(=O)C1(O)CC1. The van der Waals surface area contributed by atoms with Crippen molar-refractivity contribution in [2.24, 2.45) is 5.92 Å². The smallest absolute Gasteiger partial charge is 0.255 e. The van der Waals surface area contributed by atoms with Crippen molar-refractivity contribution >= 4 is 15.7 Å². The lowest BCUT2D eigenvalue weighted by Gasteiger charge is -2.40. The fraction of sp³-hybridized carbons (Fsp3) is 0.929. The second-order valence-electron chi connectivity index (χ2n) is 6.88. The number of sulfone groups is 1. The van der Waals surface area contributed by atoms with Crippen LogP contribution in [0.1, 0.15) is 44.9 Å². The first-order valence-corrected chi connectivity index (χ1v) is 9.57. The second-order valence-corrected chi connectivity index (χ2v) is 9.14. The Hall–Kier alpha value is -0.620. The average molecular weight is 301 g/mol. The van der Waals surface area contributed by atoms with Gasteiger partial charge in [0.25, 0.3) is 5.91 Å². The fourth-order valence-corrected chi connectivity index (χ4v) is 4.57. The topological polar surface area (TPSA) is 74.7 Å². The number of rotatable bonds is 4. The van der Waals surface area contributed by atoms with Crippen LogP contribution in [0.2, 0.25) is 0 Å². The zero-order valence-corrected chi connectivity index (χ0v) is 12.7. The number of piperidine rings is 1. The number of hydrogen-bond donors (Lipinski definition) is 1. The first-order chi connectivity index (χ1) is 9.28. The van der Waals surface area contributed by atoms with E-state index in [0.29, 0.717) is 25.2 Å². The van der Waals surface area contributed by atoms with Crippen LogP contribution in [0.15, 0.2) is 0 Å². The van der Waals surface area contributed by atoms with E-state index in [1.807, 2.05) is 4.90 Å². The Bertz CT molecular complexity index is 497. The Morgan fingerprint density at radius 1 is 1.25 bits per heavy atom. The maximum absolute atomic E-state index is 12.3. The third kappa shape index (κ3) is 2.72. The van der Waals surface area contributed by atoms with Crippen molar-refractivity contribution in [3.63, 3.8) is 0 Å². The average Bonchev–Trinajstić information content (AvgIpc) is 3.05. The van der Waals surface area contributed by atoms with Gasteiger partial charge in [-0.25, -0.2) is 8.42 Å². The number of carbonyl (C=O) groups excluding carboxylic acids is 1. The van der Waals surface area contributed by atoms with E-state index < -0.39 is 15.4 Å². The normalized spacial score (nSPS) is 35.1. The summed E-state index contributed by atoms with van der Waals surface area (Å²) in [5, 5.41) is 10.0. The lowest BCUT2D eigenvalue weighted by Crippen LogP contribution is -2.51. The van der Waals surface area contributed by atoms with Gasteiger partial charge in [0.15, 0.2) is 0 Å². The molecule has 2 heterocycles. The number of carbonyl (C=O) groups is 1. The van der Waals surface area contributed by atoms with E-state index in [0.717, 1.165) is 25.7 Å². The van der Waals surface area contributed by atoms with Crippen LogP contribution in [-0.2, 0) is 14.6 Å². The Kier molecular flexibility index (Phi) is 3.36. The highest BCUT2D eigenvalue weighted by Gasteiger charge is 2.55. The number of nitrogens with zero attached hydrogens (tertiary/aromatic N) is 1. The summed E-state index contributed by atoms with van der Waals surface area (Å²) in [6.45, 7) is 0. The first kappa shape index (κ1) is 14.3. The number of amides is 1. The lowest BCUT2D eigenvalue weighted by atomic mass is 9.88. The van der Waals surface area contributed by atoms with E-state index >= 15 is 0 Å². The van der Waals surface area contributed by atoms with Crippen molar-refractivity contribution in [1.82, 2.24) is 4.90 Å². The molecule has 1 saturated carbocycles. The molecule has 114 valence electrons. The molecule has 6 heteroatoms. The first-order valence-electron chi connectivity index (χ1n) is 7.51. The van der Waals surface area contributed by atoms with E-state index in [9.17, 15) is 18.3 Å². The van der Waals surface area contributed by atoms with E-state index in [1.165, 1.54) is 6.26 Å². The molecule has 3 rings (SSSR count). The summed E-state index contributed by atoms with van der Waals surface area (Å²) in [6, 6.07) is 0.436. The van der Waals surface area contributed by atoms with Crippen LogP contribution < -0.4 is 0 Å². The summed E-state index contributed by atoms with van der Waals surface area (Å²) in [5.74, 6) is 0.571. The number of aliphatic hydroxyl groups is 1. The molecule has 2 bridgehead atoms. The molecule has 0 aromatic heterocycles. The van der Waals surface area contributed by atoms with Gasteiger partial charge in [-0.15, -0.1) is 0 Å². The number of fused-ring (bicyclic) bond motifs is 2. The van der Waals surface area contributed by atoms with E-state index in [2.05, 4.69) is 0 Å². The molecule has 3 aliphatic rings. The van der Waals surface area contributed by atoms with E-state index in [-0.39, 0.29) is 23.7 Å². The molecule has 2 saturated heterocycles. The van der Waals surface area contributed by atoms with Gasteiger partial charge in [-0.1, -0.05) is 0 Å². The summed E-state index contributed by atoms with van der Waals surface area (Å²) < 4.78 is 22.5. The minimum Gasteiger partial charge on any atom is -0.380 e. The van der Waals surface area contributed by atoms with Crippen LogP contribution >= 0.6 is 0 Å². The Labute approximate surface area is 120 Å². The largest absolute Gasteiger partial charge is 0.380 e. The van der Waals surface area contributed by atoms with Crippen LogP contribution in [0.4, 0.5) is 0 Å². The summed E-state index contributed by atoms with van der Waals surface area (Å²) >= 11 is 0. The molecule has 3 fully saturated rings. The van der Waals surface area contributed by atoms with Crippen molar-refractivity contribution < 1.29 is 18.3 Å². The van der Waals surface area contributed by atoms with Gasteiger partial charge in [0.1, 0.15) is 15.4 Å². The summed E-state index contributed by atoms with van der Waals surface area (Å²) in [5.41, 5.74) is -1.07. The lowest BCUT2D eigenvalue weighted by molar-refractivity contribution is -0.147. The highest BCUT2D eigenvalue weighted by Crippen LogP contribution is 2.45. The molecule has 0 spiro atoms. The van der Waals surface area contributed by atoms with Crippen LogP contribution in [0, 0.1) is 5.92 Å². The summed E-state index contributed by atoms with van der Waals surface area (Å²) in [4.78, 5) is 14.3. The second kappa shape index (κ2) is 4.70. The molecule has 2 atom stereocenters. The predicted molar refractivity (Wildman–Crippen MR) is 74.9 cm³/mol. The standard InChI is InChI=1S/C14H23NO4S/c1-20(18,19)7-4-10-8-11-2-3-12(9-10)15(11)13(16)14(17)5-6-14/h10-12,17H,2-9H2,1H3. The molecule has 0 aromatic rings. The molecule has 20 heavy (non-hydrogen) atoms. The van der Waals surface area contributed by atoms with Crippen molar-refractivity contribution in [3.05, 3.63) is 0 Å². The third-order valence-corrected chi connectivity index (χ3v) is 6.06. The third-order valence-electron chi connectivity index (χ3n) is 5.08. The molecular formula is C14H23NO4S. The maximum Gasteiger partial charge on any atom is 0.255 e. The molecule has 0 aromatic carbocycles. The van der Waals surface area contributed by atoms with Crippen LogP contribution in [-0.4, -0.2) is 54.0 Å². The highest BCUT2D eigenvalue weighted by molar-refractivity contribution is 7.90. The van der Waals surface area contributed by atoms with Crippen molar-refractivity contribution in [3.8, 4) is 0 Å². The molecule has 0 radical (unpaired) electrons. The quantitative estimate of drug-likeness (QED) is 0.830. The van der Waals surface area contributed by atoms with Crippen LogP contribution in [0.5, 0.6) is 0 Å². The van der Waals surface area contributed by atoms with Crippen molar-refractivity contribution in [2.45, 2.75) is 62.6 Å². The van der Waals surface area contributed by atoms with Gasteiger partial charge in [0.05, 0.1) is 5.75 Å². The van der Waals surface area contributed by atoms with Gasteiger partial charge in [-0.3, -0.25) is 4.79 Å². The van der Waals surface area contributed by atoms with Crippen molar-refractivity contribution in [1.29, 1.82) is 0 Å². The zero-order chi connectivity index (χ0) is 14.5. The van der Waals surface area contributed by atoms with Gasteiger partial charge in [0, 0.05) is 18.3 Å². The molecule has 1 amide bonds. The highest BCUT2D eigenvalue weighted by atomic mass is 32.2. The van der Waals surface area contributed by atoms with Crippen LogP contribution in [0.3, 0.4) is 0 Å². The molecule has 5 nitrogen and oxygen atoms in total. The monoisotopic (exact) mass is 301 g/mol. The molecule has 2 aliphatic heterocycles. The van der Waals surface area contributed by atoms with Crippen molar-refractivity contribution in [2.75, 3.05) is 12.0 Å². The fourth-order valence-electron chi connectivity index (χ4n) is 3.81. The predicted octanol–water partition coefficient (Wildman–Crippen LogP) is 0.716. The molecular weight excluding hydrogens is 278 g/mol. The minimum atomic E-state index is -2.90.